The van der Waals surface area contributed by atoms with Crippen molar-refractivity contribution in [3.8, 4) is 0 Å². The first-order chi connectivity index (χ1) is 7.29. The van der Waals surface area contributed by atoms with Crippen LogP contribution < -0.4 is 0 Å². The van der Waals surface area contributed by atoms with Gasteiger partial charge in [-0.15, -0.1) is 0 Å². The molecular weight excluding hydrogens is 227 g/mol. The van der Waals surface area contributed by atoms with E-state index in [4.69, 9.17) is 5.11 Å². The Kier molecular flexibility index (Phi) is 4.15. The van der Waals surface area contributed by atoms with Gasteiger partial charge in [0.1, 0.15) is 0 Å². The molecule has 2 N–H and O–H groups in total. The minimum atomic E-state index is -4.45. The van der Waals surface area contributed by atoms with Gasteiger partial charge in [0.25, 0.3) is 0 Å². The van der Waals surface area contributed by atoms with Gasteiger partial charge >= 0.3 is 12.1 Å². The van der Waals surface area contributed by atoms with Crippen LogP contribution in [0.4, 0.5) is 13.2 Å². The van der Waals surface area contributed by atoms with E-state index in [-0.39, 0.29) is 0 Å². The smallest absolute Gasteiger partial charge is 0.401 e. The number of rotatable bonds is 4. The summed E-state index contributed by atoms with van der Waals surface area (Å²) in [5.41, 5.74) is 0. The number of aliphatic hydroxyl groups is 1. The Bertz CT molecular complexity index is 257. The molecule has 1 saturated carbocycles. The second-order valence-corrected chi connectivity index (χ2v) is 3.98. The minimum absolute atomic E-state index is 0.407. The first-order valence-electron chi connectivity index (χ1n) is 5.00. The van der Waals surface area contributed by atoms with Gasteiger partial charge in [-0.25, -0.2) is 0 Å². The van der Waals surface area contributed by atoms with Crippen LogP contribution in [0.25, 0.3) is 0 Å². The zero-order chi connectivity index (χ0) is 12.3. The molecule has 16 heavy (non-hydrogen) atoms. The van der Waals surface area contributed by atoms with Gasteiger partial charge in [-0.1, -0.05) is 0 Å². The van der Waals surface area contributed by atoms with Crippen molar-refractivity contribution in [3.05, 3.63) is 0 Å². The van der Waals surface area contributed by atoms with E-state index in [0.29, 0.717) is 19.3 Å². The van der Waals surface area contributed by atoms with Crippen LogP contribution in [0.15, 0.2) is 0 Å². The lowest BCUT2D eigenvalue weighted by atomic mass is 10.1. The van der Waals surface area contributed by atoms with Gasteiger partial charge in [0.2, 0.25) is 0 Å². The van der Waals surface area contributed by atoms with E-state index in [1.54, 1.807) is 0 Å². The highest BCUT2D eigenvalue weighted by Gasteiger charge is 2.38. The molecule has 1 aliphatic carbocycles. The molecule has 4 nitrogen and oxygen atoms in total. The summed E-state index contributed by atoms with van der Waals surface area (Å²) in [5.74, 6) is -1.32. The van der Waals surface area contributed by atoms with Gasteiger partial charge in [0.15, 0.2) is 0 Å². The summed E-state index contributed by atoms with van der Waals surface area (Å²) in [6, 6.07) is -0.697. The maximum Gasteiger partial charge on any atom is 0.401 e. The Morgan fingerprint density at radius 3 is 2.38 bits per heavy atom. The van der Waals surface area contributed by atoms with Crippen molar-refractivity contribution in [1.29, 1.82) is 0 Å². The lowest BCUT2D eigenvalue weighted by molar-refractivity contribution is -0.161. The van der Waals surface area contributed by atoms with E-state index >= 15 is 0 Å². The summed E-state index contributed by atoms with van der Waals surface area (Å²) in [6.45, 7) is -1.98. The molecule has 0 spiro atoms. The van der Waals surface area contributed by atoms with Crippen LogP contribution in [-0.2, 0) is 4.79 Å². The predicted molar refractivity (Wildman–Crippen MR) is 48.9 cm³/mol. The first kappa shape index (κ1) is 13.2. The number of carboxylic acids is 1. The molecule has 94 valence electrons. The number of hydrogen-bond acceptors (Lipinski definition) is 3. The molecule has 0 aliphatic heterocycles. The molecule has 2 atom stereocenters. The second kappa shape index (κ2) is 5.01. The van der Waals surface area contributed by atoms with Crippen LogP contribution in [0, 0.1) is 0 Å². The van der Waals surface area contributed by atoms with Gasteiger partial charge in [-0.2, -0.15) is 13.2 Å². The normalized spacial score (nSPS) is 26.3. The Hall–Kier alpha value is -0.820. The van der Waals surface area contributed by atoms with E-state index in [9.17, 15) is 23.1 Å². The molecule has 0 amide bonds. The average Bonchev–Trinajstić information content (AvgIpc) is 2.46. The molecule has 7 heteroatoms. The zero-order valence-corrected chi connectivity index (χ0v) is 8.57. The molecule has 1 aliphatic rings. The molecule has 0 heterocycles. The van der Waals surface area contributed by atoms with Crippen molar-refractivity contribution in [2.45, 2.75) is 37.6 Å². The highest BCUT2D eigenvalue weighted by Crippen LogP contribution is 2.27. The third-order valence-corrected chi connectivity index (χ3v) is 2.63. The summed E-state index contributed by atoms with van der Waals surface area (Å²) in [4.78, 5) is 11.3. The number of nitrogens with zero attached hydrogens (tertiary/aromatic N) is 1. The number of aliphatic hydroxyl groups excluding tert-OH is 1. The summed E-state index contributed by atoms with van der Waals surface area (Å²) >= 11 is 0. The van der Waals surface area contributed by atoms with Crippen LogP contribution >= 0.6 is 0 Å². The van der Waals surface area contributed by atoms with Gasteiger partial charge in [0.05, 0.1) is 19.2 Å². The Balaban J connectivity index is 2.66. The number of aliphatic carboxylic acids is 1. The van der Waals surface area contributed by atoms with Crippen molar-refractivity contribution < 1.29 is 28.2 Å². The van der Waals surface area contributed by atoms with Crippen LogP contribution in [0.3, 0.4) is 0 Å². The van der Waals surface area contributed by atoms with Crippen LogP contribution in [0.5, 0.6) is 0 Å². The van der Waals surface area contributed by atoms with E-state index in [1.807, 2.05) is 0 Å². The average molecular weight is 241 g/mol. The number of halogens is 3. The van der Waals surface area contributed by atoms with E-state index in [0.717, 1.165) is 4.90 Å². The van der Waals surface area contributed by atoms with Crippen LogP contribution in [-0.4, -0.2) is 52.5 Å². The third-order valence-electron chi connectivity index (χ3n) is 2.63. The van der Waals surface area contributed by atoms with Crippen LogP contribution in [0.2, 0.25) is 0 Å². The van der Waals surface area contributed by atoms with Gasteiger partial charge in [0, 0.05) is 6.04 Å². The fourth-order valence-corrected chi connectivity index (χ4v) is 2.04. The van der Waals surface area contributed by atoms with Crippen LogP contribution in [0.1, 0.15) is 19.3 Å². The molecule has 0 saturated heterocycles. The van der Waals surface area contributed by atoms with E-state index < -0.39 is 37.4 Å². The first-order valence-corrected chi connectivity index (χ1v) is 5.00. The number of alkyl halides is 3. The minimum Gasteiger partial charge on any atom is -0.480 e. The molecule has 0 bridgehead atoms. The maximum absolute atomic E-state index is 12.2. The van der Waals surface area contributed by atoms with Gasteiger partial charge < -0.3 is 10.2 Å². The summed E-state index contributed by atoms with van der Waals surface area (Å²) < 4.78 is 36.7. The molecule has 0 aromatic rings. The fourth-order valence-electron chi connectivity index (χ4n) is 2.04. The van der Waals surface area contributed by atoms with Crippen molar-refractivity contribution in [3.63, 3.8) is 0 Å². The zero-order valence-electron chi connectivity index (χ0n) is 8.57. The summed E-state index contributed by atoms with van der Waals surface area (Å²) in [5, 5.41) is 18.0. The van der Waals surface area contributed by atoms with Gasteiger partial charge in [-0.05, 0) is 19.3 Å². The SMILES string of the molecule is O=C(O)CN(CC(F)(F)F)C1CCCC1O. The van der Waals surface area contributed by atoms with E-state index in [2.05, 4.69) is 0 Å². The predicted octanol–water partition coefficient (Wildman–Crippen LogP) is 0.849. The second-order valence-electron chi connectivity index (χ2n) is 3.98. The van der Waals surface area contributed by atoms with Crippen molar-refractivity contribution in [2.24, 2.45) is 0 Å². The van der Waals surface area contributed by atoms with Crippen molar-refractivity contribution >= 4 is 5.97 Å². The lowest BCUT2D eigenvalue weighted by Gasteiger charge is -2.30. The molecule has 0 radical (unpaired) electrons. The molecule has 2 unspecified atom stereocenters. The fraction of sp³-hybridized carbons (Fsp3) is 0.889. The third kappa shape index (κ3) is 3.97. The molecule has 1 rings (SSSR count). The number of carbonyl (C=O) groups is 1. The topological polar surface area (TPSA) is 60.8 Å². The van der Waals surface area contributed by atoms with Crippen molar-refractivity contribution in [2.75, 3.05) is 13.1 Å². The number of hydrogen-bond donors (Lipinski definition) is 2. The summed E-state index contributed by atoms with van der Waals surface area (Å²) in [6.07, 6.45) is -3.84. The van der Waals surface area contributed by atoms with E-state index in [1.165, 1.54) is 0 Å². The summed E-state index contributed by atoms with van der Waals surface area (Å²) in [7, 11) is 0. The highest BCUT2D eigenvalue weighted by molar-refractivity contribution is 5.69. The standard InChI is InChI=1S/C9H14F3NO3/c10-9(11,12)5-13(4-8(15)16)6-2-1-3-7(6)14/h6-7,14H,1-5H2,(H,15,16). The monoisotopic (exact) mass is 241 g/mol. The Morgan fingerprint density at radius 1 is 1.38 bits per heavy atom. The lowest BCUT2D eigenvalue weighted by Crippen LogP contribution is -2.47. The highest BCUT2D eigenvalue weighted by atomic mass is 19.4. The van der Waals surface area contributed by atoms with Crippen molar-refractivity contribution in [1.82, 2.24) is 4.90 Å². The Labute approximate surface area is 90.7 Å². The largest absolute Gasteiger partial charge is 0.480 e. The molecule has 1 fully saturated rings. The molecule has 0 aromatic carbocycles. The Morgan fingerprint density at radius 2 is 2.00 bits per heavy atom. The molecular formula is C9H14F3NO3. The van der Waals surface area contributed by atoms with Gasteiger partial charge in [-0.3, -0.25) is 9.69 Å². The number of carboxylic acid groups (broad SMARTS) is 1. The maximum atomic E-state index is 12.2. The molecule has 0 aromatic heterocycles. The quantitative estimate of drug-likeness (QED) is 0.766.